The van der Waals surface area contributed by atoms with E-state index in [4.69, 9.17) is 32.7 Å². The summed E-state index contributed by atoms with van der Waals surface area (Å²) in [6.07, 6.45) is -4.27. The number of aryl methyl sites for hydroxylation is 1. The summed E-state index contributed by atoms with van der Waals surface area (Å²) < 4.78 is 85.7. The first kappa shape index (κ1) is 32.2. The van der Waals surface area contributed by atoms with E-state index in [1.807, 2.05) is 0 Å². The van der Waals surface area contributed by atoms with Crippen molar-refractivity contribution in [1.82, 2.24) is 10.3 Å². The lowest BCUT2D eigenvalue weighted by Gasteiger charge is -2.32. The topological polar surface area (TPSA) is 76.1 Å². The van der Waals surface area contributed by atoms with Crippen molar-refractivity contribution in [2.75, 3.05) is 19.1 Å². The molecule has 2 aromatic carbocycles. The zero-order chi connectivity index (χ0) is 32.7. The van der Waals surface area contributed by atoms with E-state index < -0.39 is 56.8 Å². The van der Waals surface area contributed by atoms with Crippen molar-refractivity contribution in [3.63, 3.8) is 0 Å². The predicted octanol–water partition coefficient (Wildman–Crippen LogP) is 7.25. The van der Waals surface area contributed by atoms with Gasteiger partial charge in [-0.05, 0) is 60.0 Å². The highest BCUT2D eigenvalue weighted by Gasteiger charge is 2.50. The lowest BCUT2D eigenvalue weighted by molar-refractivity contribution is -0.138. The number of fused-ring (bicyclic) bond motifs is 1. The fourth-order valence-electron chi connectivity index (χ4n) is 5.05. The molecule has 236 valence electrons. The third-order valence-electron chi connectivity index (χ3n) is 7.23. The van der Waals surface area contributed by atoms with Crippen LogP contribution in [0.3, 0.4) is 0 Å². The van der Waals surface area contributed by atoms with Crippen LogP contribution in [0.5, 0.6) is 11.5 Å². The van der Waals surface area contributed by atoms with Crippen molar-refractivity contribution in [3.05, 3.63) is 100 Å². The second kappa shape index (κ2) is 12.3. The zero-order valence-corrected chi connectivity index (χ0v) is 25.5. The van der Waals surface area contributed by atoms with Crippen LogP contribution in [0.4, 0.5) is 27.8 Å². The summed E-state index contributed by atoms with van der Waals surface area (Å²) in [5.74, 6) is -1.72. The standard InChI is InChI=1S/C31H25Cl2F5N4O3/c1-16-12-23(42(14-17-4-8-19(44-2)9-5-17)15-18-6-10-20(45-3)11-7-18)40-26(25(16)31(36,37)38)21-13-22-24(27(34)30(21,33)35)28(43)41-29(32)39-22/h4-13,29H,14-15H2,1-3H3,(H,41,43). The van der Waals surface area contributed by atoms with Gasteiger partial charge in [-0.25, -0.2) is 18.8 Å². The Balaban J connectivity index is 1.69. The Morgan fingerprint density at radius 1 is 1.00 bits per heavy atom. The molecule has 1 aromatic heterocycles. The maximum absolute atomic E-state index is 16.1. The Bertz CT molecular complexity index is 1670. The van der Waals surface area contributed by atoms with Crippen LogP contribution in [0.2, 0.25) is 0 Å². The number of amides is 1. The molecule has 7 nitrogen and oxygen atoms in total. The minimum Gasteiger partial charge on any atom is -0.497 e. The molecule has 5 rings (SSSR count). The van der Waals surface area contributed by atoms with Gasteiger partial charge in [0.2, 0.25) is 0 Å². The molecule has 0 fully saturated rings. The molecule has 0 saturated heterocycles. The lowest BCUT2D eigenvalue weighted by atomic mass is 9.88. The maximum Gasteiger partial charge on any atom is 0.418 e. The number of nitrogens with zero attached hydrogens (tertiary/aromatic N) is 3. The first-order chi connectivity index (χ1) is 21.2. The van der Waals surface area contributed by atoms with Gasteiger partial charge in [-0.1, -0.05) is 47.5 Å². The summed E-state index contributed by atoms with van der Waals surface area (Å²) in [7, 11) is 3.03. The van der Waals surface area contributed by atoms with Gasteiger partial charge in [0.05, 0.1) is 31.2 Å². The van der Waals surface area contributed by atoms with Crippen molar-refractivity contribution in [3.8, 4) is 11.5 Å². The van der Waals surface area contributed by atoms with Gasteiger partial charge >= 0.3 is 6.18 Å². The monoisotopic (exact) mass is 666 g/mol. The number of pyridine rings is 1. The number of carbonyl (C=O) groups excluding carboxylic acids is 1. The van der Waals surface area contributed by atoms with E-state index in [0.717, 1.165) is 17.2 Å². The van der Waals surface area contributed by atoms with Crippen molar-refractivity contribution in [1.29, 1.82) is 0 Å². The number of anilines is 1. The van der Waals surface area contributed by atoms with Crippen LogP contribution in [-0.4, -0.2) is 41.6 Å². The summed E-state index contributed by atoms with van der Waals surface area (Å²) in [6, 6.07) is 15.3. The highest BCUT2D eigenvalue weighted by atomic mass is 35.5. The summed E-state index contributed by atoms with van der Waals surface area (Å²) >= 11 is 11.9. The van der Waals surface area contributed by atoms with Crippen molar-refractivity contribution >= 4 is 46.2 Å². The van der Waals surface area contributed by atoms with Crippen LogP contribution in [-0.2, 0) is 24.1 Å². The number of aromatic nitrogens is 1. The van der Waals surface area contributed by atoms with Gasteiger partial charge in [0, 0.05) is 18.7 Å². The van der Waals surface area contributed by atoms with Crippen LogP contribution < -0.4 is 19.7 Å². The molecule has 2 unspecified atom stereocenters. The van der Waals surface area contributed by atoms with Gasteiger partial charge in [0.1, 0.15) is 22.9 Å². The number of carbonyl (C=O) groups is 1. The molecule has 2 aliphatic rings. The summed E-state index contributed by atoms with van der Waals surface area (Å²) in [6.45, 7) is 1.51. The van der Waals surface area contributed by atoms with Gasteiger partial charge in [0.15, 0.2) is 11.5 Å². The number of benzene rings is 2. The molecule has 1 amide bonds. The number of rotatable bonds is 8. The molecule has 2 heterocycles. The minimum atomic E-state index is -5.04. The van der Waals surface area contributed by atoms with Crippen LogP contribution in [0.15, 0.2) is 77.1 Å². The van der Waals surface area contributed by atoms with E-state index in [9.17, 15) is 18.0 Å². The molecule has 14 heteroatoms. The SMILES string of the molecule is COc1ccc(CN(Cc2ccc(OC)cc2)c2cc(C)c(C(F)(F)F)c(C3=CC4=NC(Cl)NC(=O)C4=C(F)C3(F)Cl)n2)cc1. The number of allylic oxidation sites excluding steroid dienone is 3. The molecule has 45 heavy (non-hydrogen) atoms. The summed E-state index contributed by atoms with van der Waals surface area (Å²) in [5, 5.41) is -1.58. The average Bonchev–Trinajstić information content (AvgIpc) is 2.98. The maximum atomic E-state index is 16.1. The number of nitrogens with one attached hydrogen (secondary N) is 1. The molecule has 1 aliphatic heterocycles. The fraction of sp³-hybridized carbons (Fsp3) is 0.258. The van der Waals surface area contributed by atoms with Crippen molar-refractivity contribution in [2.24, 2.45) is 4.99 Å². The Morgan fingerprint density at radius 3 is 2.02 bits per heavy atom. The van der Waals surface area contributed by atoms with E-state index in [1.54, 1.807) is 53.4 Å². The number of ether oxygens (including phenoxy) is 2. The van der Waals surface area contributed by atoms with Gasteiger partial charge in [-0.3, -0.25) is 4.79 Å². The molecule has 2 atom stereocenters. The van der Waals surface area contributed by atoms with Crippen molar-refractivity contribution < 1.29 is 36.2 Å². The summed E-state index contributed by atoms with van der Waals surface area (Å²) in [5.41, 5.74) is -4.76. The highest BCUT2D eigenvalue weighted by molar-refractivity contribution is 6.39. The molecule has 0 saturated carbocycles. The molecular formula is C31H25Cl2F5N4O3. The molecule has 1 N–H and O–H groups in total. The Kier molecular flexibility index (Phi) is 8.83. The highest BCUT2D eigenvalue weighted by Crippen LogP contribution is 2.49. The van der Waals surface area contributed by atoms with Gasteiger partial charge in [0.25, 0.3) is 11.0 Å². The Labute approximate surface area is 265 Å². The van der Waals surface area contributed by atoms with Crippen LogP contribution >= 0.6 is 23.2 Å². The predicted molar refractivity (Wildman–Crippen MR) is 161 cm³/mol. The van der Waals surface area contributed by atoms with Crippen molar-refractivity contribution in [2.45, 2.75) is 36.9 Å². The normalized spacial score (nSPS) is 19.8. The van der Waals surface area contributed by atoms with Gasteiger partial charge in [-0.15, -0.1) is 0 Å². The number of alkyl halides is 6. The number of hydrogen-bond acceptors (Lipinski definition) is 6. The molecule has 1 aliphatic carbocycles. The molecule has 0 bridgehead atoms. The van der Waals surface area contributed by atoms with Crippen LogP contribution in [0, 0.1) is 6.92 Å². The number of aliphatic imine (C=N–C) groups is 1. The van der Waals surface area contributed by atoms with Crippen LogP contribution in [0.25, 0.3) is 5.57 Å². The van der Waals surface area contributed by atoms with E-state index >= 15 is 8.78 Å². The Morgan fingerprint density at radius 2 is 1.53 bits per heavy atom. The quantitative estimate of drug-likeness (QED) is 0.156. The Hall–Kier alpha value is -4.16. The van der Waals surface area contributed by atoms with Gasteiger partial charge < -0.3 is 19.7 Å². The molecule has 3 aromatic rings. The van der Waals surface area contributed by atoms with Gasteiger partial charge in [-0.2, -0.15) is 13.2 Å². The van der Waals surface area contributed by atoms with E-state index in [-0.39, 0.29) is 24.5 Å². The fourth-order valence-corrected chi connectivity index (χ4v) is 5.49. The minimum absolute atomic E-state index is 0.0178. The van der Waals surface area contributed by atoms with Crippen LogP contribution in [0.1, 0.15) is 27.9 Å². The van der Waals surface area contributed by atoms with E-state index in [0.29, 0.717) is 11.5 Å². The third kappa shape index (κ3) is 6.48. The second-order valence-corrected chi connectivity index (χ2v) is 11.2. The first-order valence-electron chi connectivity index (χ1n) is 13.4. The largest absolute Gasteiger partial charge is 0.497 e. The second-order valence-electron chi connectivity index (χ2n) is 10.2. The number of hydrogen-bond donors (Lipinski definition) is 1. The molecular weight excluding hydrogens is 642 g/mol. The average molecular weight is 667 g/mol. The van der Waals surface area contributed by atoms with E-state index in [2.05, 4.69) is 15.3 Å². The van der Waals surface area contributed by atoms with E-state index in [1.165, 1.54) is 27.2 Å². The lowest BCUT2D eigenvalue weighted by Crippen LogP contribution is -2.42. The third-order valence-corrected chi connectivity index (χ3v) is 7.81. The molecule has 0 spiro atoms. The molecule has 0 radical (unpaired) electrons. The summed E-state index contributed by atoms with van der Waals surface area (Å²) in [4.78, 5) is 22.2. The zero-order valence-electron chi connectivity index (χ0n) is 24.0. The first-order valence-corrected chi connectivity index (χ1v) is 14.2. The smallest absolute Gasteiger partial charge is 0.418 e. The number of halogens is 7. The number of methoxy groups -OCH3 is 2.